The topological polar surface area (TPSA) is 47.9 Å². The summed E-state index contributed by atoms with van der Waals surface area (Å²) in [5.74, 6) is -0.263. The fourth-order valence-electron chi connectivity index (χ4n) is 4.00. The van der Waals surface area contributed by atoms with Crippen molar-refractivity contribution in [2.75, 3.05) is 30.4 Å². The van der Waals surface area contributed by atoms with Gasteiger partial charge in [-0.05, 0) is 63.1 Å². The highest BCUT2D eigenvalue weighted by Gasteiger charge is 2.31. The Hall–Kier alpha value is -2.79. The van der Waals surface area contributed by atoms with Gasteiger partial charge in [-0.2, -0.15) is 5.10 Å². The minimum absolute atomic E-state index is 0.0684. The average Bonchev–Trinajstić information content (AvgIpc) is 2.71. The maximum absolute atomic E-state index is 12.5. The van der Waals surface area contributed by atoms with Gasteiger partial charge in [0.2, 0.25) is 0 Å². The molecule has 1 amide bonds. The standard InChI is InChI=1S/C25H31ClN4O/c1-7-11-30-23-14-22(26)19(13-21(23)17(2)15-25(30,3)4)16-27-28-24(31)18-9-8-10-20(12-18)29(5)6/h8-10,12-16H,7,11H2,1-6H3,(H,28,31)/b27-16-. The van der Waals surface area contributed by atoms with Gasteiger partial charge in [-0.15, -0.1) is 0 Å². The third-order valence-electron chi connectivity index (χ3n) is 5.54. The van der Waals surface area contributed by atoms with Gasteiger partial charge < -0.3 is 9.80 Å². The Labute approximate surface area is 190 Å². The van der Waals surface area contributed by atoms with Gasteiger partial charge in [0.15, 0.2) is 0 Å². The summed E-state index contributed by atoms with van der Waals surface area (Å²) < 4.78 is 0. The van der Waals surface area contributed by atoms with Crippen LogP contribution in [0.25, 0.3) is 5.57 Å². The number of benzene rings is 2. The molecule has 2 aromatic rings. The molecule has 0 aromatic heterocycles. The smallest absolute Gasteiger partial charge is 0.271 e. The third-order valence-corrected chi connectivity index (χ3v) is 5.87. The molecule has 31 heavy (non-hydrogen) atoms. The van der Waals surface area contributed by atoms with Crippen LogP contribution in [0.5, 0.6) is 0 Å². The average molecular weight is 439 g/mol. The summed E-state index contributed by atoms with van der Waals surface area (Å²) in [7, 11) is 3.87. The van der Waals surface area contributed by atoms with E-state index >= 15 is 0 Å². The lowest BCUT2D eigenvalue weighted by molar-refractivity contribution is 0.0955. The van der Waals surface area contributed by atoms with E-state index in [1.807, 2.05) is 49.3 Å². The highest BCUT2D eigenvalue weighted by Crippen LogP contribution is 2.41. The van der Waals surface area contributed by atoms with Crippen LogP contribution in [-0.2, 0) is 0 Å². The zero-order chi connectivity index (χ0) is 22.8. The van der Waals surface area contributed by atoms with Gasteiger partial charge in [0.1, 0.15) is 0 Å². The number of carbonyl (C=O) groups excluding carboxylic acids is 1. The number of hydrazone groups is 1. The van der Waals surface area contributed by atoms with E-state index in [0.29, 0.717) is 10.6 Å². The van der Waals surface area contributed by atoms with Crippen molar-refractivity contribution < 1.29 is 4.79 Å². The number of hydrogen-bond acceptors (Lipinski definition) is 4. The first kappa shape index (κ1) is 22.9. The summed E-state index contributed by atoms with van der Waals surface area (Å²) in [5.41, 5.74) is 8.30. The highest BCUT2D eigenvalue weighted by molar-refractivity contribution is 6.33. The van der Waals surface area contributed by atoms with Gasteiger partial charge in [0.25, 0.3) is 5.91 Å². The van der Waals surface area contributed by atoms with E-state index in [1.165, 1.54) is 5.57 Å². The second-order valence-electron chi connectivity index (χ2n) is 8.67. The Balaban J connectivity index is 1.83. The van der Waals surface area contributed by atoms with Crippen molar-refractivity contribution in [1.82, 2.24) is 5.43 Å². The van der Waals surface area contributed by atoms with Crippen LogP contribution in [0.1, 0.15) is 55.6 Å². The number of fused-ring (bicyclic) bond motifs is 1. The Morgan fingerprint density at radius 2 is 2.00 bits per heavy atom. The van der Waals surface area contributed by atoms with Crippen LogP contribution >= 0.6 is 11.6 Å². The Morgan fingerprint density at radius 3 is 2.68 bits per heavy atom. The molecule has 1 N–H and O–H groups in total. The Morgan fingerprint density at radius 1 is 1.26 bits per heavy atom. The molecule has 6 heteroatoms. The maximum atomic E-state index is 12.5. The molecule has 3 rings (SSSR count). The van der Waals surface area contributed by atoms with Gasteiger partial charge in [-0.25, -0.2) is 5.43 Å². The summed E-state index contributed by atoms with van der Waals surface area (Å²) in [6, 6.07) is 11.5. The van der Waals surface area contributed by atoms with Crippen molar-refractivity contribution in [3.63, 3.8) is 0 Å². The van der Waals surface area contributed by atoms with Crippen molar-refractivity contribution >= 4 is 40.7 Å². The van der Waals surface area contributed by atoms with Crippen molar-refractivity contribution in [3.8, 4) is 0 Å². The number of rotatable bonds is 6. The van der Waals surface area contributed by atoms with Crippen LogP contribution in [0.15, 0.2) is 47.6 Å². The van der Waals surface area contributed by atoms with E-state index < -0.39 is 0 Å². The molecule has 0 aliphatic carbocycles. The molecule has 164 valence electrons. The molecule has 2 aromatic carbocycles. The molecule has 1 aliphatic rings. The monoisotopic (exact) mass is 438 g/mol. The number of hydrogen-bond donors (Lipinski definition) is 1. The molecule has 0 saturated carbocycles. The predicted octanol–water partition coefficient (Wildman–Crippen LogP) is 5.58. The molecule has 5 nitrogen and oxygen atoms in total. The van der Waals surface area contributed by atoms with Crippen molar-refractivity contribution in [2.45, 2.75) is 39.7 Å². The van der Waals surface area contributed by atoms with Gasteiger partial charge in [-0.1, -0.05) is 30.7 Å². The molecule has 0 bridgehead atoms. The van der Waals surface area contributed by atoms with Gasteiger partial charge in [0, 0.05) is 48.7 Å². The van der Waals surface area contributed by atoms with E-state index in [2.05, 4.69) is 49.2 Å². The number of nitrogens with one attached hydrogen (secondary N) is 1. The number of carbonyl (C=O) groups is 1. The minimum atomic E-state index is -0.263. The molecule has 0 fully saturated rings. The number of nitrogens with zero attached hydrogens (tertiary/aromatic N) is 3. The molecule has 0 saturated heterocycles. The zero-order valence-electron chi connectivity index (χ0n) is 19.2. The SMILES string of the molecule is CCCN1c2cc(Cl)c(/C=N\NC(=O)c3cccc(N(C)C)c3)cc2C(C)=CC1(C)C. The van der Waals surface area contributed by atoms with Crippen LogP contribution in [0, 0.1) is 0 Å². The van der Waals surface area contributed by atoms with Crippen LogP contribution < -0.4 is 15.2 Å². The van der Waals surface area contributed by atoms with E-state index in [-0.39, 0.29) is 11.4 Å². The molecule has 0 radical (unpaired) electrons. The van der Waals surface area contributed by atoms with Crippen LogP contribution in [0.3, 0.4) is 0 Å². The molecule has 1 heterocycles. The summed E-state index contributed by atoms with van der Waals surface area (Å²) >= 11 is 6.60. The fourth-order valence-corrected chi connectivity index (χ4v) is 4.20. The summed E-state index contributed by atoms with van der Waals surface area (Å²) in [4.78, 5) is 16.8. The normalized spacial score (nSPS) is 14.9. The second-order valence-corrected chi connectivity index (χ2v) is 9.07. The number of anilines is 2. The van der Waals surface area contributed by atoms with Crippen molar-refractivity contribution in [2.24, 2.45) is 5.10 Å². The van der Waals surface area contributed by atoms with Gasteiger partial charge in [0.05, 0.1) is 16.8 Å². The molecular weight excluding hydrogens is 408 g/mol. The quantitative estimate of drug-likeness (QED) is 0.473. The van der Waals surface area contributed by atoms with Crippen molar-refractivity contribution in [1.29, 1.82) is 0 Å². The van der Waals surface area contributed by atoms with E-state index in [4.69, 9.17) is 11.6 Å². The van der Waals surface area contributed by atoms with Crippen LogP contribution in [0.2, 0.25) is 5.02 Å². The fraction of sp³-hybridized carbons (Fsp3) is 0.360. The largest absolute Gasteiger partial charge is 0.378 e. The van der Waals surface area contributed by atoms with Gasteiger partial charge in [-0.3, -0.25) is 4.79 Å². The summed E-state index contributed by atoms with van der Waals surface area (Å²) in [6.07, 6.45) is 4.95. The highest BCUT2D eigenvalue weighted by atomic mass is 35.5. The molecule has 0 atom stereocenters. The first-order valence-electron chi connectivity index (χ1n) is 10.6. The Kier molecular flexibility index (Phi) is 6.75. The maximum Gasteiger partial charge on any atom is 0.271 e. The first-order valence-corrected chi connectivity index (χ1v) is 10.9. The van der Waals surface area contributed by atoms with Crippen LogP contribution in [0.4, 0.5) is 11.4 Å². The number of allylic oxidation sites excluding steroid dienone is 1. The molecule has 1 aliphatic heterocycles. The second kappa shape index (κ2) is 9.15. The predicted molar refractivity (Wildman–Crippen MR) is 133 cm³/mol. The van der Waals surface area contributed by atoms with Crippen molar-refractivity contribution in [3.05, 3.63) is 64.2 Å². The molecular formula is C25H31ClN4O. The number of halogens is 1. The minimum Gasteiger partial charge on any atom is -0.378 e. The summed E-state index contributed by atoms with van der Waals surface area (Å²) in [6.45, 7) is 9.70. The lowest BCUT2D eigenvalue weighted by atomic mass is 9.88. The lowest BCUT2D eigenvalue weighted by Gasteiger charge is -2.43. The van der Waals surface area contributed by atoms with E-state index in [0.717, 1.165) is 35.5 Å². The molecule has 0 spiro atoms. The van der Waals surface area contributed by atoms with Gasteiger partial charge >= 0.3 is 0 Å². The number of amides is 1. The molecule has 0 unspecified atom stereocenters. The lowest BCUT2D eigenvalue weighted by Crippen LogP contribution is -2.45. The zero-order valence-corrected chi connectivity index (χ0v) is 19.9. The first-order chi connectivity index (χ1) is 14.6. The third kappa shape index (κ3) is 4.93. The van der Waals surface area contributed by atoms with E-state index in [1.54, 1.807) is 12.3 Å². The Bertz CT molecular complexity index is 1040. The summed E-state index contributed by atoms with van der Waals surface area (Å²) in [5, 5.41) is 4.76. The van der Waals surface area contributed by atoms with Crippen LogP contribution in [-0.4, -0.2) is 38.3 Å². The van der Waals surface area contributed by atoms with E-state index in [9.17, 15) is 4.79 Å².